The summed E-state index contributed by atoms with van der Waals surface area (Å²) in [6.07, 6.45) is 3.67. The number of carbonyl (C=O) groups excluding carboxylic acids is 1. The third-order valence-corrected chi connectivity index (χ3v) is 6.87. The highest BCUT2D eigenvalue weighted by atomic mass is 35.5. The van der Waals surface area contributed by atoms with Gasteiger partial charge in [-0.3, -0.25) is 4.79 Å². The number of hydrogen-bond donors (Lipinski definition) is 2. The normalized spacial score (nSPS) is 23.1. The molecule has 0 radical (unpaired) electrons. The van der Waals surface area contributed by atoms with E-state index in [1.165, 1.54) is 12.8 Å². The Kier molecular flexibility index (Phi) is 7.03. The van der Waals surface area contributed by atoms with Crippen molar-refractivity contribution >= 4 is 57.8 Å². The first-order valence-corrected chi connectivity index (χ1v) is 12.0. The van der Waals surface area contributed by atoms with Gasteiger partial charge < -0.3 is 15.5 Å². The Morgan fingerprint density at radius 1 is 1.12 bits per heavy atom. The first-order valence-electron chi connectivity index (χ1n) is 10.8. The number of thiocarbonyl (C=S) groups is 1. The number of rotatable bonds is 3. The summed E-state index contributed by atoms with van der Waals surface area (Å²) < 4.78 is 0. The van der Waals surface area contributed by atoms with E-state index in [2.05, 4.69) is 17.6 Å². The van der Waals surface area contributed by atoms with Crippen molar-refractivity contribution in [1.29, 1.82) is 0 Å². The maximum absolute atomic E-state index is 13.3. The molecule has 8 heteroatoms. The molecule has 0 bridgehead atoms. The summed E-state index contributed by atoms with van der Waals surface area (Å²) in [5.74, 6) is 0.454. The molecule has 1 fully saturated rings. The summed E-state index contributed by atoms with van der Waals surface area (Å²) in [5, 5.41) is 8.05. The number of anilines is 1. The molecule has 2 aromatic rings. The van der Waals surface area contributed by atoms with Crippen LogP contribution in [0.1, 0.15) is 43.7 Å². The van der Waals surface area contributed by atoms with Crippen LogP contribution in [0.3, 0.4) is 0 Å². The molecule has 168 valence electrons. The molecule has 1 aliphatic heterocycles. The Bertz CT molecular complexity index is 1070. The van der Waals surface area contributed by atoms with Crippen molar-refractivity contribution in [1.82, 2.24) is 10.6 Å². The Morgan fingerprint density at radius 2 is 1.91 bits per heavy atom. The molecule has 1 amide bonds. The number of hydrogen-bond acceptors (Lipinski definition) is 3. The van der Waals surface area contributed by atoms with Crippen LogP contribution in [0.2, 0.25) is 10.0 Å². The van der Waals surface area contributed by atoms with Crippen molar-refractivity contribution < 1.29 is 4.79 Å². The summed E-state index contributed by atoms with van der Waals surface area (Å²) in [6, 6.07) is 13.1. The van der Waals surface area contributed by atoms with Gasteiger partial charge in [0.25, 0.3) is 5.91 Å². The molecular weight excluding hydrogens is 463 g/mol. The minimum Gasteiger partial charge on any atom is -0.360 e. The molecule has 1 aliphatic carbocycles. The van der Waals surface area contributed by atoms with Gasteiger partial charge in [0, 0.05) is 34.3 Å². The van der Waals surface area contributed by atoms with Crippen LogP contribution in [0.15, 0.2) is 47.5 Å². The van der Waals surface area contributed by atoms with E-state index >= 15 is 0 Å². The highest BCUT2D eigenvalue weighted by Crippen LogP contribution is 2.32. The van der Waals surface area contributed by atoms with Crippen LogP contribution in [0.5, 0.6) is 0 Å². The van der Waals surface area contributed by atoms with E-state index in [9.17, 15) is 4.79 Å². The predicted octanol–water partition coefficient (Wildman–Crippen LogP) is 5.18. The average Bonchev–Trinajstić information content (AvgIpc) is 2.84. The molecule has 32 heavy (non-hydrogen) atoms. The van der Waals surface area contributed by atoms with E-state index in [0.717, 1.165) is 24.0 Å². The van der Waals surface area contributed by atoms with Gasteiger partial charge in [0.1, 0.15) is 0 Å². The number of aliphatic imine (C=N–C) groups is 1. The molecule has 3 atom stereocenters. The molecule has 4 rings (SSSR count). The second kappa shape index (κ2) is 9.77. The molecule has 0 spiro atoms. The van der Waals surface area contributed by atoms with Gasteiger partial charge in [0.05, 0.1) is 11.4 Å². The number of nitrogens with one attached hydrogen (secondary N) is 2. The molecule has 5 nitrogen and oxygen atoms in total. The summed E-state index contributed by atoms with van der Waals surface area (Å²) in [7, 11) is 1.73. The van der Waals surface area contributed by atoms with E-state index in [1.807, 2.05) is 30.3 Å². The Morgan fingerprint density at radius 3 is 2.66 bits per heavy atom. The first kappa shape index (κ1) is 23.0. The van der Waals surface area contributed by atoms with Gasteiger partial charge in [-0.05, 0) is 55.2 Å². The lowest BCUT2D eigenvalue weighted by Gasteiger charge is -2.29. The third-order valence-electron chi connectivity index (χ3n) is 6.07. The zero-order valence-electron chi connectivity index (χ0n) is 18.1. The minimum absolute atomic E-state index is 0.211. The van der Waals surface area contributed by atoms with E-state index in [4.69, 9.17) is 40.4 Å². The van der Waals surface area contributed by atoms with Crippen LogP contribution in [0, 0.1) is 5.92 Å². The van der Waals surface area contributed by atoms with Gasteiger partial charge in [-0.25, -0.2) is 4.99 Å². The lowest BCUT2D eigenvalue weighted by molar-refractivity contribution is -0.119. The molecule has 2 unspecified atom stereocenters. The van der Waals surface area contributed by atoms with Crippen LogP contribution < -0.4 is 15.5 Å². The molecule has 1 saturated carbocycles. The number of nitrogens with zero attached hydrogens (tertiary/aromatic N) is 2. The zero-order valence-corrected chi connectivity index (χ0v) is 20.4. The van der Waals surface area contributed by atoms with Crippen LogP contribution in [0.25, 0.3) is 0 Å². The number of fused-ring (bicyclic) bond motifs is 1. The smallest absolute Gasteiger partial charge is 0.272 e. The fourth-order valence-corrected chi connectivity index (χ4v) is 5.10. The topological polar surface area (TPSA) is 56.7 Å². The van der Waals surface area contributed by atoms with Crippen molar-refractivity contribution in [3.05, 3.63) is 63.6 Å². The maximum Gasteiger partial charge on any atom is 0.272 e. The highest BCUT2D eigenvalue weighted by Gasteiger charge is 2.31. The van der Waals surface area contributed by atoms with Crippen molar-refractivity contribution in [3.63, 3.8) is 0 Å². The molecule has 0 aromatic heterocycles. The Balaban J connectivity index is 1.69. The van der Waals surface area contributed by atoms with E-state index in [0.29, 0.717) is 38.5 Å². The number of likely N-dealkylation sites (N-methyl/N-ethyl adjacent to an activating group) is 1. The van der Waals surface area contributed by atoms with Crippen molar-refractivity contribution in [2.45, 2.75) is 44.8 Å². The lowest BCUT2D eigenvalue weighted by Crippen LogP contribution is -2.51. The summed E-state index contributed by atoms with van der Waals surface area (Å²) in [5.41, 5.74) is 2.78. The standard InChI is InChI=1S/C24H26Cl2N4OS/c1-14-6-5-7-16(12-14)27-24(32)29-22-23(31)30(2)20-11-10-15(25)13-18(20)21(28-22)17-8-3-4-9-19(17)26/h3-4,8-11,13-14,16,22H,5-7,12H2,1-2H3,(H2,27,29,32)/t14?,16?,22-/m0/s1. The largest absolute Gasteiger partial charge is 0.360 e. The fourth-order valence-electron chi connectivity index (χ4n) is 4.42. The monoisotopic (exact) mass is 488 g/mol. The van der Waals surface area contributed by atoms with Crippen LogP contribution >= 0.6 is 35.4 Å². The molecule has 2 N–H and O–H groups in total. The molecule has 1 heterocycles. The quantitative estimate of drug-likeness (QED) is 0.584. The second-order valence-corrected chi connectivity index (χ2v) is 9.76. The molecular formula is C24H26Cl2N4OS. The summed E-state index contributed by atoms with van der Waals surface area (Å²) in [6.45, 7) is 2.26. The third kappa shape index (κ3) is 4.92. The lowest BCUT2D eigenvalue weighted by atomic mass is 9.87. The van der Waals surface area contributed by atoms with Crippen molar-refractivity contribution in [2.24, 2.45) is 10.9 Å². The molecule has 2 aromatic carbocycles. The van der Waals surface area contributed by atoms with Crippen molar-refractivity contribution in [3.8, 4) is 0 Å². The summed E-state index contributed by atoms with van der Waals surface area (Å²) in [4.78, 5) is 19.7. The molecule has 2 aliphatic rings. The van der Waals surface area contributed by atoms with Gasteiger partial charge in [-0.15, -0.1) is 0 Å². The van der Waals surface area contributed by atoms with Gasteiger partial charge in [0.15, 0.2) is 5.11 Å². The van der Waals surface area contributed by atoms with Crippen LogP contribution in [-0.2, 0) is 4.79 Å². The van der Waals surface area contributed by atoms with Crippen LogP contribution in [-0.4, -0.2) is 36.0 Å². The van der Waals surface area contributed by atoms with Gasteiger partial charge in [0.2, 0.25) is 6.17 Å². The van der Waals surface area contributed by atoms with E-state index < -0.39 is 6.17 Å². The molecule has 0 saturated heterocycles. The second-order valence-electron chi connectivity index (χ2n) is 8.51. The zero-order chi connectivity index (χ0) is 22.8. The van der Waals surface area contributed by atoms with E-state index in [1.54, 1.807) is 24.1 Å². The SMILES string of the molecule is CC1CCCC(NC(=S)N[C@@H]2N=C(c3ccccc3Cl)c3cc(Cl)ccc3N(C)C2=O)C1. The average molecular weight is 489 g/mol. The minimum atomic E-state index is -0.890. The van der Waals surface area contributed by atoms with Gasteiger partial charge in [-0.1, -0.05) is 61.2 Å². The Hall–Kier alpha value is -2.15. The fraction of sp³-hybridized carbons (Fsp3) is 0.375. The maximum atomic E-state index is 13.3. The van der Waals surface area contributed by atoms with Gasteiger partial charge in [-0.2, -0.15) is 0 Å². The number of carbonyl (C=O) groups is 1. The number of amides is 1. The van der Waals surface area contributed by atoms with E-state index in [-0.39, 0.29) is 5.91 Å². The van der Waals surface area contributed by atoms with Crippen LogP contribution in [0.4, 0.5) is 5.69 Å². The Labute approximate surface area is 204 Å². The summed E-state index contributed by atoms with van der Waals surface area (Å²) >= 11 is 18.4. The number of halogens is 2. The highest BCUT2D eigenvalue weighted by molar-refractivity contribution is 7.80. The predicted molar refractivity (Wildman–Crippen MR) is 136 cm³/mol. The van der Waals surface area contributed by atoms with Crippen molar-refractivity contribution in [2.75, 3.05) is 11.9 Å². The number of benzodiazepines with no additional fused rings is 1. The van der Waals surface area contributed by atoms with Gasteiger partial charge >= 0.3 is 0 Å². The first-order chi connectivity index (χ1) is 15.3. The number of benzene rings is 2.